The van der Waals surface area contributed by atoms with E-state index in [1.54, 1.807) is 6.92 Å². The first-order valence-corrected chi connectivity index (χ1v) is 7.38. The van der Waals surface area contributed by atoms with Crippen molar-refractivity contribution in [1.29, 1.82) is 0 Å². The highest BCUT2D eigenvalue weighted by Gasteiger charge is 2.16. The SMILES string of the molecule is CC(=O)Cc1cccc2ccn(CC3CCOCC3)c12. The Bertz CT molecular complexity index is 608. The molecule has 0 atom stereocenters. The van der Waals surface area contributed by atoms with Gasteiger partial charge >= 0.3 is 0 Å². The maximum Gasteiger partial charge on any atom is 0.134 e. The van der Waals surface area contributed by atoms with Gasteiger partial charge in [0.25, 0.3) is 0 Å². The number of rotatable bonds is 4. The molecule has 0 radical (unpaired) electrons. The van der Waals surface area contributed by atoms with Gasteiger partial charge in [-0.2, -0.15) is 0 Å². The summed E-state index contributed by atoms with van der Waals surface area (Å²) in [6, 6.07) is 8.39. The molecule has 1 aromatic carbocycles. The van der Waals surface area contributed by atoms with Crippen molar-refractivity contribution in [3.63, 3.8) is 0 Å². The molecular weight excluding hydrogens is 250 g/mol. The topological polar surface area (TPSA) is 31.2 Å². The van der Waals surface area contributed by atoms with Crippen LogP contribution in [0.4, 0.5) is 0 Å². The number of carbonyl (C=O) groups excluding carboxylic acids is 1. The number of benzene rings is 1. The normalized spacial score (nSPS) is 16.6. The lowest BCUT2D eigenvalue weighted by molar-refractivity contribution is -0.116. The molecule has 3 heteroatoms. The van der Waals surface area contributed by atoms with Crippen LogP contribution < -0.4 is 0 Å². The molecular formula is C17H21NO2. The first-order valence-electron chi connectivity index (χ1n) is 7.38. The molecule has 1 aromatic heterocycles. The Morgan fingerprint density at radius 3 is 2.85 bits per heavy atom. The van der Waals surface area contributed by atoms with Crippen LogP contribution in [-0.4, -0.2) is 23.6 Å². The first-order chi connectivity index (χ1) is 9.74. The predicted octanol–water partition coefficient (Wildman–Crippen LogP) is 3.20. The van der Waals surface area contributed by atoms with Gasteiger partial charge in [-0.3, -0.25) is 4.79 Å². The minimum atomic E-state index is 0.219. The summed E-state index contributed by atoms with van der Waals surface area (Å²) in [5, 5.41) is 1.23. The Balaban J connectivity index is 1.91. The van der Waals surface area contributed by atoms with Crippen LogP contribution >= 0.6 is 0 Å². The summed E-state index contributed by atoms with van der Waals surface area (Å²) in [6.07, 6.45) is 4.95. The summed E-state index contributed by atoms with van der Waals surface area (Å²) in [6.45, 7) is 4.45. The van der Waals surface area contributed by atoms with Crippen LogP contribution in [0.2, 0.25) is 0 Å². The minimum Gasteiger partial charge on any atom is -0.381 e. The van der Waals surface area contributed by atoms with E-state index in [1.165, 1.54) is 10.9 Å². The van der Waals surface area contributed by atoms with Crippen molar-refractivity contribution in [3.8, 4) is 0 Å². The van der Waals surface area contributed by atoms with E-state index in [2.05, 4.69) is 29.0 Å². The predicted molar refractivity (Wildman–Crippen MR) is 79.9 cm³/mol. The van der Waals surface area contributed by atoms with Gasteiger partial charge in [-0.25, -0.2) is 0 Å². The molecule has 20 heavy (non-hydrogen) atoms. The number of hydrogen-bond acceptors (Lipinski definition) is 2. The van der Waals surface area contributed by atoms with E-state index in [-0.39, 0.29) is 5.78 Å². The third kappa shape index (κ3) is 2.78. The number of ether oxygens (including phenoxy) is 1. The third-order valence-electron chi connectivity index (χ3n) is 4.11. The molecule has 1 aliphatic rings. The number of fused-ring (bicyclic) bond motifs is 1. The Hall–Kier alpha value is -1.61. The molecule has 0 spiro atoms. The summed E-state index contributed by atoms with van der Waals surface area (Å²) < 4.78 is 7.75. The zero-order valence-electron chi connectivity index (χ0n) is 12.0. The average molecular weight is 271 g/mol. The lowest BCUT2D eigenvalue weighted by Gasteiger charge is -2.23. The molecule has 3 nitrogen and oxygen atoms in total. The molecule has 1 saturated heterocycles. The van der Waals surface area contributed by atoms with Crippen molar-refractivity contribution < 1.29 is 9.53 Å². The average Bonchev–Trinajstić information content (AvgIpc) is 2.84. The Morgan fingerprint density at radius 1 is 1.30 bits per heavy atom. The fourth-order valence-electron chi connectivity index (χ4n) is 3.11. The molecule has 0 saturated carbocycles. The number of Topliss-reactive ketones (excluding diaryl/α,β-unsaturated/α-hetero) is 1. The highest BCUT2D eigenvalue weighted by molar-refractivity contribution is 5.88. The minimum absolute atomic E-state index is 0.219. The zero-order valence-corrected chi connectivity index (χ0v) is 12.0. The second-order valence-electron chi connectivity index (χ2n) is 5.76. The molecule has 3 rings (SSSR count). The van der Waals surface area contributed by atoms with E-state index in [0.29, 0.717) is 12.3 Å². The van der Waals surface area contributed by atoms with Gasteiger partial charge in [-0.05, 0) is 42.7 Å². The molecule has 0 N–H and O–H groups in total. The fourth-order valence-corrected chi connectivity index (χ4v) is 3.11. The van der Waals surface area contributed by atoms with E-state index < -0.39 is 0 Å². The van der Waals surface area contributed by atoms with Gasteiger partial charge in [-0.1, -0.05) is 18.2 Å². The fraction of sp³-hybridized carbons (Fsp3) is 0.471. The Kier molecular flexibility index (Phi) is 3.88. The molecule has 2 aromatic rings. The number of carbonyl (C=O) groups is 1. The molecule has 0 aliphatic carbocycles. The van der Waals surface area contributed by atoms with Crippen molar-refractivity contribution in [2.24, 2.45) is 5.92 Å². The number of para-hydroxylation sites is 1. The zero-order chi connectivity index (χ0) is 13.9. The molecule has 106 valence electrons. The van der Waals surface area contributed by atoms with E-state index in [9.17, 15) is 4.79 Å². The van der Waals surface area contributed by atoms with Gasteiger partial charge in [0, 0.05) is 32.4 Å². The summed E-state index contributed by atoms with van der Waals surface area (Å²) in [7, 11) is 0. The highest BCUT2D eigenvalue weighted by Crippen LogP contribution is 2.24. The Labute approximate surface area is 119 Å². The Morgan fingerprint density at radius 2 is 2.10 bits per heavy atom. The monoisotopic (exact) mass is 271 g/mol. The summed E-state index contributed by atoms with van der Waals surface area (Å²) >= 11 is 0. The van der Waals surface area contributed by atoms with Crippen LogP contribution in [0.3, 0.4) is 0 Å². The van der Waals surface area contributed by atoms with E-state index in [4.69, 9.17) is 4.74 Å². The number of nitrogens with zero attached hydrogens (tertiary/aromatic N) is 1. The van der Waals surface area contributed by atoms with Crippen molar-refractivity contribution in [1.82, 2.24) is 4.57 Å². The van der Waals surface area contributed by atoms with Crippen LogP contribution in [0.25, 0.3) is 10.9 Å². The second kappa shape index (κ2) is 5.80. The number of ketones is 1. The second-order valence-corrected chi connectivity index (χ2v) is 5.76. The quantitative estimate of drug-likeness (QED) is 0.855. The van der Waals surface area contributed by atoms with Gasteiger partial charge < -0.3 is 9.30 Å². The lowest BCUT2D eigenvalue weighted by atomic mass is 10.00. The van der Waals surface area contributed by atoms with E-state index >= 15 is 0 Å². The van der Waals surface area contributed by atoms with Gasteiger partial charge in [0.15, 0.2) is 0 Å². The van der Waals surface area contributed by atoms with Crippen molar-refractivity contribution in [3.05, 3.63) is 36.0 Å². The summed E-state index contributed by atoms with van der Waals surface area (Å²) in [4.78, 5) is 11.5. The number of aromatic nitrogens is 1. The van der Waals surface area contributed by atoms with Crippen LogP contribution in [0.15, 0.2) is 30.5 Å². The molecule has 1 aliphatic heterocycles. The van der Waals surface area contributed by atoms with Gasteiger partial charge in [0.1, 0.15) is 5.78 Å². The van der Waals surface area contributed by atoms with Gasteiger partial charge in [0.2, 0.25) is 0 Å². The number of hydrogen-bond donors (Lipinski definition) is 0. The summed E-state index contributed by atoms with van der Waals surface area (Å²) in [5.41, 5.74) is 2.38. The van der Waals surface area contributed by atoms with Crippen LogP contribution in [0.5, 0.6) is 0 Å². The standard InChI is InChI=1S/C17H21NO2/c1-13(19)11-16-4-2-3-15-5-8-18(17(15)16)12-14-6-9-20-10-7-14/h2-5,8,14H,6-7,9-12H2,1H3. The molecule has 2 heterocycles. The smallest absolute Gasteiger partial charge is 0.134 e. The van der Waals surface area contributed by atoms with E-state index in [0.717, 1.165) is 38.2 Å². The highest BCUT2D eigenvalue weighted by atomic mass is 16.5. The van der Waals surface area contributed by atoms with Crippen LogP contribution in [-0.2, 0) is 22.5 Å². The molecule has 0 unspecified atom stereocenters. The maximum absolute atomic E-state index is 11.5. The molecule has 0 amide bonds. The summed E-state index contributed by atoms with van der Waals surface area (Å²) in [5.74, 6) is 0.904. The van der Waals surface area contributed by atoms with Crippen molar-refractivity contribution in [2.75, 3.05) is 13.2 Å². The van der Waals surface area contributed by atoms with Crippen LogP contribution in [0.1, 0.15) is 25.3 Å². The maximum atomic E-state index is 11.5. The van der Waals surface area contributed by atoms with E-state index in [1.807, 2.05) is 6.07 Å². The van der Waals surface area contributed by atoms with Gasteiger partial charge in [0.05, 0.1) is 5.52 Å². The molecule has 1 fully saturated rings. The first kappa shape index (κ1) is 13.4. The van der Waals surface area contributed by atoms with Crippen molar-refractivity contribution >= 4 is 16.7 Å². The lowest BCUT2D eigenvalue weighted by Crippen LogP contribution is -2.20. The van der Waals surface area contributed by atoms with Crippen LogP contribution in [0, 0.1) is 5.92 Å². The molecule has 0 bridgehead atoms. The van der Waals surface area contributed by atoms with Gasteiger partial charge in [-0.15, -0.1) is 0 Å². The van der Waals surface area contributed by atoms with Crippen molar-refractivity contribution in [2.45, 2.75) is 32.7 Å². The third-order valence-corrected chi connectivity index (χ3v) is 4.11. The largest absolute Gasteiger partial charge is 0.381 e.